The number of hydrogen-bond acceptors (Lipinski definition) is 21. The minimum atomic E-state index is -1.28. The first kappa shape index (κ1) is 79.7. The Labute approximate surface area is 599 Å². The van der Waals surface area contributed by atoms with Crippen molar-refractivity contribution in [3.8, 4) is 28.5 Å². The van der Waals surface area contributed by atoms with E-state index in [-0.39, 0.29) is 47.1 Å². The monoisotopic (exact) mass is 1430 g/mol. The van der Waals surface area contributed by atoms with Gasteiger partial charge in [0.15, 0.2) is 6.61 Å². The second-order valence-corrected chi connectivity index (χ2v) is 33.6. The Morgan fingerprint density at radius 2 is 1.37 bits per heavy atom. The van der Waals surface area contributed by atoms with Gasteiger partial charge in [-0.15, -0.1) is 5.10 Å². The Kier molecular flexibility index (Phi) is 32.3. The minimum absolute atomic E-state index is 0.0219. The van der Waals surface area contributed by atoms with E-state index in [2.05, 4.69) is 82.1 Å². The number of rotatable bonds is 50. The van der Waals surface area contributed by atoms with Crippen LogP contribution < -0.4 is 30.7 Å². The van der Waals surface area contributed by atoms with E-state index in [0.29, 0.717) is 166 Å². The largest absolute Gasteiger partial charge is 0.484 e. The van der Waals surface area contributed by atoms with E-state index >= 15 is 0 Å². The van der Waals surface area contributed by atoms with Crippen molar-refractivity contribution in [2.75, 3.05) is 111 Å². The number of anilines is 1. The van der Waals surface area contributed by atoms with Crippen LogP contribution in [-0.2, 0) is 90.6 Å². The van der Waals surface area contributed by atoms with Crippen molar-refractivity contribution < 1.29 is 76.1 Å². The number of pyridine rings is 1. The number of aromatic nitrogens is 8. The van der Waals surface area contributed by atoms with Crippen LogP contribution in [0.4, 0.5) is 5.69 Å². The zero-order valence-corrected chi connectivity index (χ0v) is 61.9. The zero-order chi connectivity index (χ0) is 72.7. The summed E-state index contributed by atoms with van der Waals surface area (Å²) in [6, 6.07) is 18.9. The van der Waals surface area contributed by atoms with Crippen LogP contribution in [0.5, 0.6) is 17.4 Å². The van der Waals surface area contributed by atoms with Gasteiger partial charge in [-0.05, 0) is 129 Å². The summed E-state index contributed by atoms with van der Waals surface area (Å²) in [5.74, 6) is 0.233. The number of carbonyl (C=O) groups is 5. The Morgan fingerprint density at radius 1 is 0.716 bits per heavy atom. The van der Waals surface area contributed by atoms with Gasteiger partial charge in [0.1, 0.15) is 41.7 Å². The van der Waals surface area contributed by atoms with Crippen LogP contribution >= 0.6 is 0 Å². The molecule has 0 aliphatic heterocycles. The number of hydrogen-bond donors (Lipinski definition) is 4. The summed E-state index contributed by atoms with van der Waals surface area (Å²) in [6.07, 6.45) is 11.9. The molecule has 2 saturated carbocycles. The topological polar surface area (TPSA) is 314 Å². The number of amides is 4. The summed E-state index contributed by atoms with van der Waals surface area (Å²) in [7, 11) is 1.74. The average Bonchev–Trinajstić information content (AvgIpc) is 1.63. The lowest BCUT2D eigenvalue weighted by Crippen LogP contribution is -2.50. The molecule has 0 saturated heterocycles. The molecule has 0 bridgehead atoms. The lowest BCUT2D eigenvalue weighted by atomic mass is 9.88. The highest BCUT2D eigenvalue weighted by atomic mass is 28.3. The third-order valence-corrected chi connectivity index (χ3v) is 18.8. The molecule has 2 aliphatic rings. The maximum atomic E-state index is 14.1. The smallest absolute Gasteiger partial charge is 0.328 e. The molecule has 0 spiro atoms. The van der Waals surface area contributed by atoms with Crippen LogP contribution in [-0.4, -0.2) is 195 Å². The molecule has 0 radical (unpaired) electrons. The lowest BCUT2D eigenvalue weighted by molar-refractivity contribution is -0.143. The number of methoxy groups -OCH3 is 1. The standard InChI is InChI=1S/C73H106N12O16Si/c1-52-66(53-19-22-57(23-20-53)77-71(89)68(67(54-15-16-54)55-17-18-55)79-70(88)63-26-28-76-83(63)5)62(81-85(52)51-99-43-44-102(7,8)9)49-97-31-11-10-30-84-47-58(80-82-84)48-98-42-41-96-40-39-95-38-37-94-36-35-93-34-33-92-32-29-74-64(86)50-100-59-13-12-14-60(45-59)101-65-24-21-56(46-75-65)69(87)78-61(72(90)91-6)25-27-73(2,3)4/h12-14,19-24,26,28,45-47,54-55,61,67-68H,10-11,15-18,25,27,29-44,48-51H2,1-9H3,(H,74,86)(H,77,89)(H,78,87)(H,79,88)/t61-,68-/m0/s1. The molecule has 6 aromatic rings. The molecule has 2 atom stereocenters. The van der Waals surface area contributed by atoms with Crippen molar-refractivity contribution in [3.05, 3.63) is 114 Å². The molecular weight excluding hydrogens is 1330 g/mol. The Morgan fingerprint density at radius 3 is 1.99 bits per heavy atom. The van der Waals surface area contributed by atoms with Gasteiger partial charge in [0.25, 0.3) is 17.7 Å². The Hall–Kier alpha value is -8.00. The first-order chi connectivity index (χ1) is 49.2. The van der Waals surface area contributed by atoms with Crippen LogP contribution in [0.25, 0.3) is 11.1 Å². The molecule has 8 rings (SSSR count). The van der Waals surface area contributed by atoms with Gasteiger partial charge in [0.2, 0.25) is 11.8 Å². The molecule has 0 unspecified atom stereocenters. The molecule has 102 heavy (non-hydrogen) atoms. The zero-order valence-electron chi connectivity index (χ0n) is 60.9. The molecule has 4 N–H and O–H groups in total. The van der Waals surface area contributed by atoms with Crippen molar-refractivity contribution in [2.24, 2.45) is 30.2 Å². The van der Waals surface area contributed by atoms with E-state index in [0.717, 1.165) is 72.8 Å². The van der Waals surface area contributed by atoms with Crippen LogP contribution in [0.1, 0.15) is 110 Å². The van der Waals surface area contributed by atoms with Gasteiger partial charge >= 0.3 is 5.97 Å². The number of benzene rings is 2. The van der Waals surface area contributed by atoms with Crippen LogP contribution in [0.2, 0.25) is 25.7 Å². The second kappa shape index (κ2) is 41.3. The normalized spacial score (nSPS) is 13.8. The molecule has 2 aliphatic carbocycles. The van der Waals surface area contributed by atoms with E-state index in [1.807, 2.05) is 46.7 Å². The molecule has 2 fully saturated rings. The summed E-state index contributed by atoms with van der Waals surface area (Å²) in [5, 5.41) is 29.4. The Bertz CT molecular complexity index is 3520. The fourth-order valence-corrected chi connectivity index (χ4v) is 11.9. The number of esters is 1. The van der Waals surface area contributed by atoms with Gasteiger partial charge in [-0.2, -0.15) is 10.2 Å². The van der Waals surface area contributed by atoms with Crippen LogP contribution in [0.15, 0.2) is 85.3 Å². The minimum Gasteiger partial charge on any atom is -0.484 e. The van der Waals surface area contributed by atoms with Gasteiger partial charge in [-0.3, -0.25) is 28.5 Å². The highest BCUT2D eigenvalue weighted by molar-refractivity contribution is 6.76. The third-order valence-electron chi connectivity index (χ3n) is 17.1. The quantitative estimate of drug-likeness (QED) is 0.0157. The SMILES string of the molecule is COC(=O)[C@H](CCC(C)(C)C)NC(=O)c1ccc(Oc2cccc(OCC(=O)NCCOCCOCCOCCOCCOCCOCc3cn(CCCCOCc4nn(COCC[Si](C)(C)C)c(C)c4-c4ccc(NC(=O)[C@@H](NC(=O)c5ccnn5C)C(C5CC5)C5CC5)cc4)nn3)c2)nc1. The molecule has 558 valence electrons. The number of carbonyl (C=O) groups excluding carboxylic acids is 5. The van der Waals surface area contributed by atoms with E-state index in [1.54, 1.807) is 55.7 Å². The Balaban J connectivity index is 0.610. The van der Waals surface area contributed by atoms with Gasteiger partial charge in [0.05, 0.1) is 110 Å². The van der Waals surface area contributed by atoms with Crippen molar-refractivity contribution in [1.29, 1.82) is 0 Å². The maximum absolute atomic E-state index is 14.1. The van der Waals surface area contributed by atoms with Crippen LogP contribution in [0.3, 0.4) is 0 Å². The van der Waals surface area contributed by atoms with Crippen LogP contribution in [0, 0.1) is 30.1 Å². The first-order valence-electron chi connectivity index (χ1n) is 35.5. The highest BCUT2D eigenvalue weighted by Gasteiger charge is 2.48. The van der Waals surface area contributed by atoms with Crippen molar-refractivity contribution in [2.45, 2.75) is 143 Å². The molecule has 28 nitrogen and oxygen atoms in total. The maximum Gasteiger partial charge on any atom is 0.328 e. The highest BCUT2D eigenvalue weighted by Crippen LogP contribution is 2.51. The van der Waals surface area contributed by atoms with Gasteiger partial charge in [-0.1, -0.05) is 63.8 Å². The van der Waals surface area contributed by atoms with Crippen molar-refractivity contribution in [1.82, 2.24) is 55.5 Å². The molecule has 4 amide bonds. The van der Waals surface area contributed by atoms with E-state index in [1.165, 1.54) is 18.0 Å². The predicted molar refractivity (Wildman–Crippen MR) is 382 cm³/mol. The molecule has 29 heteroatoms. The fourth-order valence-electron chi connectivity index (χ4n) is 11.2. The van der Waals surface area contributed by atoms with Crippen molar-refractivity contribution in [3.63, 3.8) is 0 Å². The molecular formula is C73H106N12O16Si. The fraction of sp³-hybridized carbons (Fsp3) is 0.589. The number of unbranched alkanes of at least 4 members (excludes halogenated alkanes) is 1. The lowest BCUT2D eigenvalue weighted by Gasteiger charge is -2.27. The second-order valence-electron chi connectivity index (χ2n) is 28.0. The summed E-state index contributed by atoms with van der Waals surface area (Å²) < 4.78 is 67.8. The summed E-state index contributed by atoms with van der Waals surface area (Å²) in [6.45, 7) is 22.5. The number of aryl methyl sites for hydroxylation is 2. The summed E-state index contributed by atoms with van der Waals surface area (Å²) >= 11 is 0. The molecule has 4 aromatic heterocycles. The van der Waals surface area contributed by atoms with Crippen molar-refractivity contribution >= 4 is 43.4 Å². The predicted octanol–water partition coefficient (Wildman–Crippen LogP) is 8.75. The summed E-state index contributed by atoms with van der Waals surface area (Å²) in [5.41, 5.74) is 5.72. The van der Waals surface area contributed by atoms with E-state index in [4.69, 9.17) is 57.2 Å². The van der Waals surface area contributed by atoms with Gasteiger partial charge in [-0.25, -0.2) is 14.5 Å². The van der Waals surface area contributed by atoms with E-state index < -0.39 is 32.0 Å². The van der Waals surface area contributed by atoms with Gasteiger partial charge in [0, 0.05) is 82.9 Å². The third kappa shape index (κ3) is 28.3. The first-order valence-corrected chi connectivity index (χ1v) is 39.2. The number of nitrogens with one attached hydrogen (secondary N) is 4. The average molecular weight is 1440 g/mol. The summed E-state index contributed by atoms with van der Waals surface area (Å²) in [4.78, 5) is 69.4. The number of nitrogens with zero attached hydrogens (tertiary/aromatic N) is 8. The number of ether oxygens (including phenoxy) is 11. The molecule has 4 heterocycles. The molecule has 2 aromatic carbocycles. The van der Waals surface area contributed by atoms with Gasteiger partial charge < -0.3 is 73.4 Å². The van der Waals surface area contributed by atoms with E-state index in [9.17, 15) is 24.0 Å².